The molecule has 1 saturated heterocycles. The molecule has 1 atom stereocenters. The van der Waals surface area contributed by atoms with Crippen molar-refractivity contribution in [2.24, 2.45) is 0 Å². The van der Waals surface area contributed by atoms with E-state index >= 15 is 0 Å². The van der Waals surface area contributed by atoms with E-state index in [-0.39, 0.29) is 16.5 Å². The number of hydrogen-bond donors (Lipinski definition) is 2. The topological polar surface area (TPSA) is 99.3 Å². The van der Waals surface area contributed by atoms with Crippen molar-refractivity contribution in [2.75, 3.05) is 13.1 Å². The number of halogens is 1. The zero-order valence-electron chi connectivity index (χ0n) is 18.3. The average molecular weight is 488 g/mol. The number of carbonyl (C=O) groups excluding carboxylic acids is 1. The van der Waals surface area contributed by atoms with Crippen molar-refractivity contribution in [1.82, 2.24) is 14.6 Å². The van der Waals surface area contributed by atoms with Crippen LogP contribution in [-0.2, 0) is 16.4 Å². The maximum atomic E-state index is 13.3. The molecular formula is C24H26ClN3O4S. The number of fused-ring (bicyclic) bond motifs is 1. The highest BCUT2D eigenvalue weighted by Gasteiger charge is 2.31. The molecular weight excluding hydrogens is 462 g/mol. The summed E-state index contributed by atoms with van der Waals surface area (Å²) in [4.78, 5) is 27.9. The number of sulfonamides is 1. The third-order valence-corrected chi connectivity index (χ3v) is 8.28. The maximum absolute atomic E-state index is 13.3. The Bertz CT molecular complexity index is 1340. The molecule has 3 aromatic rings. The van der Waals surface area contributed by atoms with Gasteiger partial charge in [-0.05, 0) is 62.1 Å². The minimum Gasteiger partial charge on any atom is -0.352 e. The third-order valence-electron chi connectivity index (χ3n) is 6.02. The summed E-state index contributed by atoms with van der Waals surface area (Å²) < 4.78 is 28.1. The zero-order chi connectivity index (χ0) is 23.6. The number of pyridine rings is 1. The first-order valence-electron chi connectivity index (χ1n) is 11.0. The molecule has 2 heterocycles. The fraction of sp³-hybridized carbons (Fsp3) is 0.333. The van der Waals surface area contributed by atoms with Gasteiger partial charge in [-0.3, -0.25) is 9.59 Å². The van der Waals surface area contributed by atoms with E-state index in [1.807, 2.05) is 19.1 Å². The van der Waals surface area contributed by atoms with Crippen molar-refractivity contribution in [1.29, 1.82) is 0 Å². The summed E-state index contributed by atoms with van der Waals surface area (Å²) in [6.45, 7) is 2.75. The van der Waals surface area contributed by atoms with Gasteiger partial charge in [-0.25, -0.2) is 8.42 Å². The molecule has 2 aromatic carbocycles. The Morgan fingerprint density at radius 2 is 1.91 bits per heavy atom. The molecule has 0 radical (unpaired) electrons. The molecule has 4 rings (SSSR count). The number of aromatic nitrogens is 1. The van der Waals surface area contributed by atoms with E-state index in [2.05, 4.69) is 10.3 Å². The van der Waals surface area contributed by atoms with E-state index in [9.17, 15) is 18.0 Å². The van der Waals surface area contributed by atoms with Crippen LogP contribution in [0.15, 0.2) is 58.2 Å². The molecule has 33 heavy (non-hydrogen) atoms. The van der Waals surface area contributed by atoms with Crippen LogP contribution in [0.5, 0.6) is 0 Å². The first-order valence-corrected chi connectivity index (χ1v) is 12.8. The van der Waals surface area contributed by atoms with Gasteiger partial charge < -0.3 is 10.3 Å². The van der Waals surface area contributed by atoms with Gasteiger partial charge in [0.15, 0.2) is 0 Å². The molecule has 0 bridgehead atoms. The number of nitrogens with zero attached hydrogens (tertiary/aromatic N) is 1. The minimum atomic E-state index is -3.71. The van der Waals surface area contributed by atoms with Crippen LogP contribution in [0, 0.1) is 0 Å². The fourth-order valence-corrected chi connectivity index (χ4v) is 6.06. The summed E-state index contributed by atoms with van der Waals surface area (Å²) in [6.07, 6.45) is 3.25. The Balaban J connectivity index is 1.61. The van der Waals surface area contributed by atoms with Crippen LogP contribution in [-0.4, -0.2) is 42.7 Å². The molecule has 1 fully saturated rings. The van der Waals surface area contributed by atoms with Gasteiger partial charge in [0.25, 0.3) is 5.91 Å². The third kappa shape index (κ3) is 5.13. The van der Waals surface area contributed by atoms with E-state index in [0.717, 1.165) is 24.8 Å². The lowest BCUT2D eigenvalue weighted by molar-refractivity contribution is 0.0955. The van der Waals surface area contributed by atoms with Gasteiger partial charge in [0.1, 0.15) is 0 Å². The Morgan fingerprint density at radius 1 is 1.15 bits per heavy atom. The van der Waals surface area contributed by atoms with E-state index < -0.39 is 21.5 Å². The van der Waals surface area contributed by atoms with Crippen molar-refractivity contribution in [3.8, 4) is 0 Å². The Morgan fingerprint density at radius 3 is 2.64 bits per heavy atom. The first kappa shape index (κ1) is 23.5. The molecule has 1 amide bonds. The highest BCUT2D eigenvalue weighted by Crippen LogP contribution is 2.27. The van der Waals surface area contributed by atoms with Crippen molar-refractivity contribution in [3.05, 3.63) is 75.0 Å². The number of piperidine rings is 1. The zero-order valence-corrected chi connectivity index (χ0v) is 19.9. The normalized spacial score (nSPS) is 17.2. The molecule has 9 heteroatoms. The Hall–Kier alpha value is -2.68. The number of benzene rings is 2. The molecule has 2 N–H and O–H groups in total. The number of nitrogens with one attached hydrogen (secondary N) is 2. The van der Waals surface area contributed by atoms with Gasteiger partial charge in [0.2, 0.25) is 15.6 Å². The van der Waals surface area contributed by atoms with Crippen LogP contribution in [0.2, 0.25) is 5.02 Å². The number of rotatable bonds is 6. The summed E-state index contributed by atoms with van der Waals surface area (Å²) in [5.74, 6) is -0.430. The summed E-state index contributed by atoms with van der Waals surface area (Å²) in [6, 6.07) is 13.0. The summed E-state index contributed by atoms with van der Waals surface area (Å²) in [7, 11) is -3.71. The van der Waals surface area contributed by atoms with E-state index in [1.54, 1.807) is 18.2 Å². The predicted molar refractivity (Wildman–Crippen MR) is 129 cm³/mol. The fourth-order valence-electron chi connectivity index (χ4n) is 4.21. The largest absolute Gasteiger partial charge is 0.352 e. The van der Waals surface area contributed by atoms with E-state index in [0.29, 0.717) is 35.4 Å². The lowest BCUT2D eigenvalue weighted by atomic mass is 10.1. The molecule has 0 aliphatic carbocycles. The van der Waals surface area contributed by atoms with Crippen LogP contribution >= 0.6 is 11.6 Å². The summed E-state index contributed by atoms with van der Waals surface area (Å²) in [5.41, 5.74) is 1.15. The van der Waals surface area contributed by atoms with Gasteiger partial charge in [-0.15, -0.1) is 0 Å². The van der Waals surface area contributed by atoms with Crippen LogP contribution in [0.1, 0.15) is 42.1 Å². The Kier molecular flexibility index (Phi) is 6.88. The second kappa shape index (κ2) is 9.67. The van der Waals surface area contributed by atoms with Gasteiger partial charge in [-0.1, -0.05) is 30.2 Å². The molecule has 0 spiro atoms. The van der Waals surface area contributed by atoms with Crippen molar-refractivity contribution < 1.29 is 13.2 Å². The smallest absolute Gasteiger partial charge is 0.252 e. The second-order valence-corrected chi connectivity index (χ2v) is 10.7. The number of H-pyrrole nitrogens is 1. The van der Waals surface area contributed by atoms with Crippen molar-refractivity contribution >= 4 is 38.4 Å². The predicted octanol–water partition coefficient (Wildman–Crippen LogP) is 3.72. The van der Waals surface area contributed by atoms with Crippen LogP contribution in [0.4, 0.5) is 0 Å². The first-order chi connectivity index (χ1) is 15.8. The number of hydrogen-bond acceptors (Lipinski definition) is 4. The van der Waals surface area contributed by atoms with E-state index in [1.165, 1.54) is 22.5 Å². The molecule has 0 saturated carbocycles. The van der Waals surface area contributed by atoms with E-state index in [4.69, 9.17) is 11.6 Å². The van der Waals surface area contributed by atoms with Gasteiger partial charge in [-0.2, -0.15) is 4.31 Å². The standard InChI is InChI=1S/C24H26ClN3O4S/c1-16-4-2-3-13-28(16)33(31,32)19-9-10-22-20(14-19)21(15-23(29)27-22)24(30)26-12-11-17-5-7-18(25)8-6-17/h5-10,14-16H,2-4,11-13H2,1H3,(H,26,30)(H,27,29)/t16-/m0/s1. The number of amides is 1. The summed E-state index contributed by atoms with van der Waals surface area (Å²) >= 11 is 5.90. The molecule has 1 aliphatic rings. The van der Waals surface area contributed by atoms with Gasteiger partial charge >= 0.3 is 0 Å². The lowest BCUT2D eigenvalue weighted by Crippen LogP contribution is -2.41. The van der Waals surface area contributed by atoms with Gasteiger partial charge in [0.05, 0.1) is 10.5 Å². The minimum absolute atomic E-state index is 0.0781. The molecule has 174 valence electrons. The Labute approximate surface area is 197 Å². The SMILES string of the molecule is C[C@H]1CCCCN1S(=O)(=O)c1ccc2[nH]c(=O)cc(C(=O)NCCc3ccc(Cl)cc3)c2c1. The van der Waals surface area contributed by atoms with Gasteiger partial charge in [0, 0.05) is 41.1 Å². The highest BCUT2D eigenvalue weighted by atomic mass is 35.5. The average Bonchev–Trinajstić information content (AvgIpc) is 2.79. The van der Waals surface area contributed by atoms with Crippen LogP contribution in [0.25, 0.3) is 10.9 Å². The van der Waals surface area contributed by atoms with Crippen LogP contribution < -0.4 is 10.9 Å². The number of carbonyl (C=O) groups is 1. The quantitative estimate of drug-likeness (QED) is 0.553. The molecule has 1 aromatic heterocycles. The lowest BCUT2D eigenvalue weighted by Gasteiger charge is -2.32. The summed E-state index contributed by atoms with van der Waals surface area (Å²) in [5, 5.41) is 3.86. The number of aromatic amines is 1. The molecule has 1 aliphatic heterocycles. The monoisotopic (exact) mass is 487 g/mol. The van der Waals surface area contributed by atoms with Crippen molar-refractivity contribution in [2.45, 2.75) is 43.5 Å². The van der Waals surface area contributed by atoms with Crippen LogP contribution in [0.3, 0.4) is 0 Å². The second-order valence-electron chi connectivity index (χ2n) is 8.35. The van der Waals surface area contributed by atoms with Crippen molar-refractivity contribution in [3.63, 3.8) is 0 Å². The molecule has 0 unspecified atom stereocenters. The maximum Gasteiger partial charge on any atom is 0.252 e. The molecule has 7 nitrogen and oxygen atoms in total. The highest BCUT2D eigenvalue weighted by molar-refractivity contribution is 7.89.